The Hall–Kier alpha value is -1.96. The molecule has 8 heteroatoms. The largest absolute Gasteiger partial charge is 0.444 e. The minimum Gasteiger partial charge on any atom is -0.444 e. The summed E-state index contributed by atoms with van der Waals surface area (Å²) in [7, 11) is 0. The number of carbonyl (C=O) groups excluding carboxylic acids is 1. The molecule has 0 spiro atoms. The van der Waals surface area contributed by atoms with E-state index in [4.69, 9.17) is 10.5 Å². The van der Waals surface area contributed by atoms with Crippen molar-refractivity contribution in [3.8, 4) is 0 Å². The highest BCUT2D eigenvalue weighted by Crippen LogP contribution is 2.34. The maximum atomic E-state index is 13.2. The first-order valence-corrected chi connectivity index (χ1v) is 9.11. The zero-order valence-corrected chi connectivity index (χ0v) is 16.7. The predicted molar refractivity (Wildman–Crippen MR) is 100 cm³/mol. The minimum atomic E-state index is -4.44. The Labute approximate surface area is 159 Å². The Bertz CT molecular complexity index is 620. The van der Waals surface area contributed by atoms with Crippen molar-refractivity contribution >= 4 is 11.8 Å². The van der Waals surface area contributed by atoms with Gasteiger partial charge in [0.2, 0.25) is 0 Å². The van der Waals surface area contributed by atoms with E-state index in [1.807, 2.05) is 18.7 Å². The third-order valence-electron chi connectivity index (χ3n) is 3.86. The predicted octanol–water partition coefficient (Wildman–Crippen LogP) is 4.37. The van der Waals surface area contributed by atoms with Crippen LogP contribution in [0.1, 0.15) is 45.7 Å². The molecule has 0 aliphatic carbocycles. The van der Waals surface area contributed by atoms with Crippen LogP contribution in [0.4, 0.5) is 23.7 Å². The molecule has 154 valence electrons. The lowest BCUT2D eigenvalue weighted by Gasteiger charge is -2.35. The van der Waals surface area contributed by atoms with Crippen molar-refractivity contribution in [2.24, 2.45) is 0 Å². The van der Waals surface area contributed by atoms with Crippen LogP contribution in [0.2, 0.25) is 0 Å². The molecule has 0 bridgehead atoms. The lowest BCUT2D eigenvalue weighted by atomic mass is 10.1. The highest BCUT2D eigenvalue weighted by molar-refractivity contribution is 5.68. The molecule has 1 amide bonds. The molecule has 2 N–H and O–H groups in total. The van der Waals surface area contributed by atoms with Gasteiger partial charge in [0.1, 0.15) is 5.60 Å². The van der Waals surface area contributed by atoms with Crippen molar-refractivity contribution in [3.05, 3.63) is 29.3 Å². The van der Waals surface area contributed by atoms with Crippen LogP contribution in [0.15, 0.2) is 18.2 Å². The number of nitrogens with two attached hydrogens (primary N) is 1. The number of benzene rings is 1. The molecule has 1 aromatic carbocycles. The summed E-state index contributed by atoms with van der Waals surface area (Å²) in [5, 5.41) is 0. The Morgan fingerprint density at radius 1 is 1.11 bits per heavy atom. The van der Waals surface area contributed by atoms with Gasteiger partial charge in [-0.15, -0.1) is 0 Å². The number of nitrogens with zero attached hydrogens (tertiary/aromatic N) is 2. The van der Waals surface area contributed by atoms with E-state index in [0.29, 0.717) is 26.2 Å². The third-order valence-corrected chi connectivity index (χ3v) is 3.86. The quantitative estimate of drug-likeness (QED) is 0.764. The van der Waals surface area contributed by atoms with Gasteiger partial charge in [0.15, 0.2) is 0 Å². The number of rotatable bonds is 2. The van der Waals surface area contributed by atoms with Gasteiger partial charge < -0.3 is 15.4 Å². The van der Waals surface area contributed by atoms with E-state index in [9.17, 15) is 18.0 Å². The van der Waals surface area contributed by atoms with Gasteiger partial charge >= 0.3 is 12.3 Å². The van der Waals surface area contributed by atoms with Gasteiger partial charge in [-0.1, -0.05) is 19.9 Å². The zero-order chi connectivity index (χ0) is 20.8. The van der Waals surface area contributed by atoms with Crippen LogP contribution in [0.3, 0.4) is 0 Å². The maximum absolute atomic E-state index is 13.2. The second kappa shape index (κ2) is 9.30. The lowest BCUT2D eigenvalue weighted by molar-refractivity contribution is -0.138. The first-order chi connectivity index (χ1) is 12.5. The van der Waals surface area contributed by atoms with Crippen molar-refractivity contribution in [2.75, 3.05) is 31.9 Å². The third kappa shape index (κ3) is 7.28. The van der Waals surface area contributed by atoms with Crippen LogP contribution in [0.5, 0.6) is 0 Å². The van der Waals surface area contributed by atoms with E-state index in [2.05, 4.69) is 0 Å². The smallest absolute Gasteiger partial charge is 0.416 e. The highest BCUT2D eigenvalue weighted by Gasteiger charge is 2.34. The van der Waals surface area contributed by atoms with E-state index in [1.165, 1.54) is 12.1 Å². The number of hydrogen-bond acceptors (Lipinski definition) is 4. The standard InChI is InChI=1S/C17H24F3N3O2.C2H6/c1-16(2,3)25-15(24)23-8-6-22(7-9-23)11-12-4-5-13(21)10-14(12)17(18,19)20;1-2/h4-5,10H,6-9,11,21H2,1-3H3;1-2H3. The van der Waals surface area contributed by atoms with Gasteiger partial charge in [-0.2, -0.15) is 13.2 Å². The van der Waals surface area contributed by atoms with Crippen molar-refractivity contribution in [1.82, 2.24) is 9.80 Å². The van der Waals surface area contributed by atoms with Crippen LogP contribution in [0, 0.1) is 0 Å². The molecule has 0 saturated carbocycles. The van der Waals surface area contributed by atoms with Crippen LogP contribution in [0.25, 0.3) is 0 Å². The summed E-state index contributed by atoms with van der Waals surface area (Å²) in [5.41, 5.74) is 4.49. The topological polar surface area (TPSA) is 58.8 Å². The van der Waals surface area contributed by atoms with Gasteiger partial charge in [-0.05, 0) is 38.5 Å². The number of carbonyl (C=O) groups is 1. The summed E-state index contributed by atoms with van der Waals surface area (Å²) >= 11 is 0. The van der Waals surface area contributed by atoms with E-state index in [-0.39, 0.29) is 17.8 Å². The summed E-state index contributed by atoms with van der Waals surface area (Å²) in [4.78, 5) is 15.5. The van der Waals surface area contributed by atoms with Crippen LogP contribution >= 0.6 is 0 Å². The fourth-order valence-corrected chi connectivity index (χ4v) is 2.65. The number of piperazine rings is 1. The number of amides is 1. The average Bonchev–Trinajstić information content (AvgIpc) is 2.56. The Kier molecular flexibility index (Phi) is 7.95. The monoisotopic (exact) mass is 389 g/mol. The normalized spacial score (nSPS) is 15.8. The minimum absolute atomic E-state index is 0.0887. The van der Waals surface area contributed by atoms with Crippen molar-refractivity contribution in [1.29, 1.82) is 0 Å². The fraction of sp³-hybridized carbons (Fsp3) is 0.632. The van der Waals surface area contributed by atoms with E-state index in [0.717, 1.165) is 6.07 Å². The number of halogens is 3. The number of hydrogen-bond donors (Lipinski definition) is 1. The number of nitrogen functional groups attached to an aromatic ring is 1. The summed E-state index contributed by atoms with van der Waals surface area (Å²) in [5.74, 6) is 0. The Morgan fingerprint density at radius 3 is 2.15 bits per heavy atom. The molecule has 1 aromatic rings. The second-order valence-corrected chi connectivity index (χ2v) is 7.16. The lowest BCUT2D eigenvalue weighted by Crippen LogP contribution is -2.49. The molecule has 1 saturated heterocycles. The molecule has 1 fully saturated rings. The summed E-state index contributed by atoms with van der Waals surface area (Å²) in [6.45, 7) is 11.4. The highest BCUT2D eigenvalue weighted by atomic mass is 19.4. The molecule has 0 atom stereocenters. The van der Waals surface area contributed by atoms with Crippen molar-refractivity contribution < 1.29 is 22.7 Å². The molecular formula is C19H30F3N3O2. The van der Waals surface area contributed by atoms with Crippen LogP contribution < -0.4 is 5.73 Å². The molecule has 27 heavy (non-hydrogen) atoms. The van der Waals surface area contributed by atoms with E-state index in [1.54, 1.807) is 25.7 Å². The van der Waals surface area contributed by atoms with Crippen molar-refractivity contribution in [2.45, 2.75) is 52.9 Å². The van der Waals surface area contributed by atoms with Gasteiger partial charge in [-0.25, -0.2) is 4.79 Å². The van der Waals surface area contributed by atoms with Gasteiger partial charge in [-0.3, -0.25) is 4.90 Å². The second-order valence-electron chi connectivity index (χ2n) is 7.16. The van der Waals surface area contributed by atoms with Crippen molar-refractivity contribution in [3.63, 3.8) is 0 Å². The Balaban J connectivity index is 0.00000176. The summed E-state index contributed by atoms with van der Waals surface area (Å²) in [6, 6.07) is 3.85. The molecule has 0 aromatic heterocycles. The van der Waals surface area contributed by atoms with E-state index < -0.39 is 23.4 Å². The number of anilines is 1. The molecule has 0 unspecified atom stereocenters. The van der Waals surface area contributed by atoms with Gasteiger partial charge in [0, 0.05) is 38.4 Å². The summed E-state index contributed by atoms with van der Waals surface area (Å²) in [6.07, 6.45) is -4.83. The number of ether oxygens (including phenoxy) is 1. The van der Waals surface area contributed by atoms with Gasteiger partial charge in [0.25, 0.3) is 0 Å². The molecule has 0 radical (unpaired) electrons. The maximum Gasteiger partial charge on any atom is 0.416 e. The van der Waals surface area contributed by atoms with Crippen LogP contribution in [-0.2, 0) is 17.5 Å². The molecule has 1 aliphatic heterocycles. The first kappa shape index (κ1) is 23.1. The number of alkyl halides is 3. The molecule has 1 heterocycles. The first-order valence-electron chi connectivity index (χ1n) is 9.11. The molecule has 1 aliphatic rings. The van der Waals surface area contributed by atoms with E-state index >= 15 is 0 Å². The average molecular weight is 389 g/mol. The van der Waals surface area contributed by atoms with Crippen LogP contribution in [-0.4, -0.2) is 47.7 Å². The molecule has 5 nitrogen and oxygen atoms in total. The zero-order valence-electron chi connectivity index (χ0n) is 16.7. The Morgan fingerprint density at radius 2 is 1.67 bits per heavy atom. The fourth-order valence-electron chi connectivity index (χ4n) is 2.65. The summed E-state index contributed by atoms with van der Waals surface area (Å²) < 4.78 is 44.8. The van der Waals surface area contributed by atoms with Gasteiger partial charge in [0.05, 0.1) is 5.56 Å². The molecule has 2 rings (SSSR count). The molecular weight excluding hydrogens is 359 g/mol. The SMILES string of the molecule is CC.CC(C)(C)OC(=O)N1CCN(Cc2ccc(N)cc2C(F)(F)F)CC1.